The third-order valence-electron chi connectivity index (χ3n) is 2.66. The predicted molar refractivity (Wildman–Crippen MR) is 67.7 cm³/mol. The van der Waals surface area contributed by atoms with Crippen LogP contribution in [0.5, 0.6) is 5.75 Å². The average molecular weight is 234 g/mol. The number of carbonyl (C=O) groups is 1. The van der Waals surface area contributed by atoms with Gasteiger partial charge in [-0.2, -0.15) is 0 Å². The van der Waals surface area contributed by atoms with Gasteiger partial charge in [0.25, 0.3) is 0 Å². The van der Waals surface area contributed by atoms with E-state index in [1.54, 1.807) is 0 Å². The van der Waals surface area contributed by atoms with E-state index in [0.29, 0.717) is 6.42 Å². The summed E-state index contributed by atoms with van der Waals surface area (Å²) in [4.78, 5) is 11.8. The zero-order chi connectivity index (χ0) is 11.8. The van der Waals surface area contributed by atoms with Gasteiger partial charge < -0.3 is 4.43 Å². The fourth-order valence-electron chi connectivity index (χ4n) is 2.02. The monoisotopic (exact) mass is 234 g/mol. The van der Waals surface area contributed by atoms with Crippen LogP contribution in [-0.2, 0) is 6.42 Å². The third kappa shape index (κ3) is 2.53. The first-order chi connectivity index (χ1) is 7.46. The predicted octanol–water partition coefficient (Wildman–Crippen LogP) is 3.42. The number of hydrogen-bond donors (Lipinski definition) is 0. The normalized spacial score (nSPS) is 15.8. The quantitative estimate of drug-likeness (QED) is 0.733. The number of rotatable bonds is 2. The maximum atomic E-state index is 11.8. The smallest absolute Gasteiger partial charge is 0.242 e. The number of fused-ring (bicyclic) bond motifs is 1. The molecule has 0 atom stereocenters. The summed E-state index contributed by atoms with van der Waals surface area (Å²) in [6.45, 7) is 6.44. The molecule has 0 saturated carbocycles. The van der Waals surface area contributed by atoms with Gasteiger partial charge >= 0.3 is 0 Å². The van der Waals surface area contributed by atoms with Gasteiger partial charge in [0.1, 0.15) is 5.75 Å². The molecule has 0 aromatic heterocycles. The lowest BCUT2D eigenvalue weighted by molar-refractivity contribution is 0.0972. The molecular weight excluding hydrogens is 216 g/mol. The maximum Gasteiger partial charge on any atom is 0.242 e. The summed E-state index contributed by atoms with van der Waals surface area (Å²) in [5.74, 6) is 1.12. The Morgan fingerprint density at radius 3 is 2.62 bits per heavy atom. The molecule has 1 aromatic carbocycles. The Morgan fingerprint density at radius 2 is 1.94 bits per heavy atom. The molecule has 86 valence electrons. The average Bonchev–Trinajstić information content (AvgIpc) is 2.17. The number of hydrogen-bond acceptors (Lipinski definition) is 2. The Morgan fingerprint density at radius 1 is 1.19 bits per heavy atom. The minimum atomic E-state index is -1.58. The van der Waals surface area contributed by atoms with Gasteiger partial charge in [0.15, 0.2) is 5.78 Å². The Labute approximate surface area is 97.8 Å². The third-order valence-corrected chi connectivity index (χ3v) is 3.50. The van der Waals surface area contributed by atoms with Gasteiger partial charge in [-0.3, -0.25) is 4.79 Å². The Balaban J connectivity index is 2.31. The molecule has 2 rings (SSSR count). The molecule has 2 nitrogen and oxygen atoms in total. The van der Waals surface area contributed by atoms with Crippen molar-refractivity contribution in [1.82, 2.24) is 0 Å². The fourth-order valence-corrected chi connectivity index (χ4v) is 2.86. The molecule has 1 aliphatic rings. The Kier molecular flexibility index (Phi) is 2.89. The van der Waals surface area contributed by atoms with Crippen LogP contribution in [0.4, 0.5) is 0 Å². The lowest BCUT2D eigenvalue weighted by atomic mass is 9.91. The molecule has 1 aromatic rings. The highest BCUT2D eigenvalue weighted by molar-refractivity contribution is 6.70. The van der Waals surface area contributed by atoms with Gasteiger partial charge in [-0.15, -0.1) is 0 Å². The van der Waals surface area contributed by atoms with Gasteiger partial charge in [-0.1, -0.05) is 6.07 Å². The molecule has 0 radical (unpaired) electrons. The van der Waals surface area contributed by atoms with Crippen LogP contribution >= 0.6 is 0 Å². The zero-order valence-electron chi connectivity index (χ0n) is 10.2. The summed E-state index contributed by atoms with van der Waals surface area (Å²) in [6, 6.07) is 5.96. The number of Topliss-reactive ketones (excluding diaryl/α,β-unsaturated/α-hetero) is 1. The number of carbonyl (C=O) groups excluding carboxylic acids is 1. The Hall–Kier alpha value is -1.09. The molecule has 0 unspecified atom stereocenters. The van der Waals surface area contributed by atoms with Crippen molar-refractivity contribution in [3.8, 4) is 5.75 Å². The van der Waals surface area contributed by atoms with Crippen LogP contribution in [0.1, 0.15) is 28.8 Å². The molecule has 16 heavy (non-hydrogen) atoms. The highest BCUT2D eigenvalue weighted by atomic mass is 28.4. The van der Waals surface area contributed by atoms with Crippen molar-refractivity contribution >= 4 is 14.1 Å². The van der Waals surface area contributed by atoms with Crippen molar-refractivity contribution in [3.63, 3.8) is 0 Å². The lowest BCUT2D eigenvalue weighted by Gasteiger charge is -2.21. The highest BCUT2D eigenvalue weighted by Gasteiger charge is 2.20. The van der Waals surface area contributed by atoms with Crippen LogP contribution in [0.15, 0.2) is 18.2 Å². The van der Waals surface area contributed by atoms with Crippen molar-refractivity contribution in [3.05, 3.63) is 29.3 Å². The van der Waals surface area contributed by atoms with E-state index >= 15 is 0 Å². The SMILES string of the molecule is C[Si](C)(C)Oc1ccc2c(c1)C(=O)CCC2. The summed E-state index contributed by atoms with van der Waals surface area (Å²) in [5.41, 5.74) is 2.06. The van der Waals surface area contributed by atoms with Crippen molar-refractivity contribution in [1.29, 1.82) is 0 Å². The molecular formula is C13H18O2Si. The maximum absolute atomic E-state index is 11.8. The molecule has 3 heteroatoms. The van der Waals surface area contributed by atoms with Gasteiger partial charge in [-0.25, -0.2) is 0 Å². The molecule has 0 heterocycles. The van der Waals surface area contributed by atoms with E-state index in [4.69, 9.17) is 4.43 Å². The van der Waals surface area contributed by atoms with Crippen LogP contribution in [0, 0.1) is 0 Å². The van der Waals surface area contributed by atoms with Gasteiger partial charge in [0, 0.05) is 12.0 Å². The first-order valence-corrected chi connectivity index (χ1v) is 9.22. The largest absolute Gasteiger partial charge is 0.544 e. The van der Waals surface area contributed by atoms with Crippen LogP contribution in [0.3, 0.4) is 0 Å². The van der Waals surface area contributed by atoms with Crippen molar-refractivity contribution in [2.24, 2.45) is 0 Å². The van der Waals surface area contributed by atoms with Crippen LogP contribution in [-0.4, -0.2) is 14.1 Å². The van der Waals surface area contributed by atoms with Crippen molar-refractivity contribution < 1.29 is 9.22 Å². The fraction of sp³-hybridized carbons (Fsp3) is 0.462. The number of benzene rings is 1. The van der Waals surface area contributed by atoms with E-state index in [9.17, 15) is 4.79 Å². The molecule has 0 N–H and O–H groups in total. The van der Waals surface area contributed by atoms with Crippen LogP contribution in [0.2, 0.25) is 19.6 Å². The van der Waals surface area contributed by atoms with Gasteiger partial charge in [0.05, 0.1) is 0 Å². The standard InChI is InChI=1S/C13H18O2Si/c1-16(2,3)15-11-8-7-10-5-4-6-13(14)12(10)9-11/h7-9H,4-6H2,1-3H3. The van der Waals surface area contributed by atoms with E-state index in [1.165, 1.54) is 5.56 Å². The Bertz CT molecular complexity index is 418. The lowest BCUT2D eigenvalue weighted by Crippen LogP contribution is -2.29. The first kappa shape index (κ1) is 11.4. The van der Waals surface area contributed by atoms with Gasteiger partial charge in [-0.05, 0) is 50.2 Å². The highest BCUT2D eigenvalue weighted by Crippen LogP contribution is 2.26. The van der Waals surface area contributed by atoms with E-state index in [2.05, 4.69) is 19.6 Å². The van der Waals surface area contributed by atoms with E-state index in [0.717, 1.165) is 24.2 Å². The number of ketones is 1. The summed E-state index contributed by atoms with van der Waals surface area (Å²) in [6.07, 6.45) is 2.69. The molecule has 0 saturated heterocycles. The van der Waals surface area contributed by atoms with Gasteiger partial charge in [0.2, 0.25) is 8.32 Å². The van der Waals surface area contributed by atoms with Crippen LogP contribution in [0.25, 0.3) is 0 Å². The van der Waals surface area contributed by atoms with E-state index < -0.39 is 8.32 Å². The second-order valence-corrected chi connectivity index (χ2v) is 9.74. The molecule has 0 amide bonds. The van der Waals surface area contributed by atoms with E-state index in [1.807, 2.05) is 18.2 Å². The number of aryl methyl sites for hydroxylation is 1. The van der Waals surface area contributed by atoms with Crippen LogP contribution < -0.4 is 4.43 Å². The second kappa shape index (κ2) is 4.05. The summed E-state index contributed by atoms with van der Waals surface area (Å²) in [5, 5.41) is 0. The second-order valence-electron chi connectivity index (χ2n) is 5.31. The summed E-state index contributed by atoms with van der Waals surface area (Å²) < 4.78 is 5.90. The summed E-state index contributed by atoms with van der Waals surface area (Å²) >= 11 is 0. The minimum absolute atomic E-state index is 0.266. The van der Waals surface area contributed by atoms with Crippen molar-refractivity contribution in [2.75, 3.05) is 0 Å². The molecule has 1 aliphatic carbocycles. The van der Waals surface area contributed by atoms with E-state index in [-0.39, 0.29) is 5.78 Å². The molecule has 0 fully saturated rings. The first-order valence-electron chi connectivity index (χ1n) is 5.81. The molecule has 0 aliphatic heterocycles. The molecule has 0 spiro atoms. The summed E-state index contributed by atoms with van der Waals surface area (Å²) in [7, 11) is -1.58. The topological polar surface area (TPSA) is 26.3 Å². The molecule has 0 bridgehead atoms. The zero-order valence-corrected chi connectivity index (χ0v) is 11.2. The van der Waals surface area contributed by atoms with Crippen molar-refractivity contribution in [2.45, 2.75) is 38.9 Å². The minimum Gasteiger partial charge on any atom is -0.544 e.